The van der Waals surface area contributed by atoms with Crippen molar-refractivity contribution in [2.75, 3.05) is 32.9 Å². The Morgan fingerprint density at radius 1 is 1.18 bits per heavy atom. The minimum Gasteiger partial charge on any atom is -0.396 e. The second-order valence-corrected chi connectivity index (χ2v) is 5.17. The van der Waals surface area contributed by atoms with Gasteiger partial charge >= 0.3 is 0 Å². The molecule has 2 rings (SSSR count). The Morgan fingerprint density at radius 3 is 2.41 bits per heavy atom. The van der Waals surface area contributed by atoms with Crippen molar-refractivity contribution in [3.05, 3.63) is 0 Å². The predicted molar refractivity (Wildman–Crippen MR) is 64.5 cm³/mol. The van der Waals surface area contributed by atoms with E-state index in [4.69, 9.17) is 9.84 Å². The van der Waals surface area contributed by atoms with E-state index >= 15 is 0 Å². The maximum Gasteiger partial charge on any atom is 0.225 e. The van der Waals surface area contributed by atoms with E-state index in [0.717, 1.165) is 45.2 Å². The summed E-state index contributed by atoms with van der Waals surface area (Å²) >= 11 is 0. The number of aliphatic hydroxyl groups is 1. The minimum atomic E-state index is 0.225. The van der Waals surface area contributed by atoms with Gasteiger partial charge in [0, 0.05) is 25.6 Å². The Balaban J connectivity index is 1.77. The number of hydrogen-bond donors (Lipinski definition) is 1. The van der Waals surface area contributed by atoms with Crippen LogP contribution in [0.3, 0.4) is 0 Å². The molecule has 4 heteroatoms. The molecule has 1 amide bonds. The van der Waals surface area contributed by atoms with Gasteiger partial charge < -0.3 is 14.7 Å². The molecule has 17 heavy (non-hydrogen) atoms. The number of morpholine rings is 1. The fourth-order valence-corrected chi connectivity index (χ4v) is 2.92. The van der Waals surface area contributed by atoms with E-state index < -0.39 is 0 Å². The van der Waals surface area contributed by atoms with Crippen molar-refractivity contribution in [3.8, 4) is 0 Å². The molecular formula is C13H23NO3. The number of carbonyl (C=O) groups excluding carboxylic acids is 1. The van der Waals surface area contributed by atoms with Crippen molar-refractivity contribution in [1.29, 1.82) is 0 Å². The van der Waals surface area contributed by atoms with Crippen LogP contribution < -0.4 is 0 Å². The maximum absolute atomic E-state index is 12.2. The first-order chi connectivity index (χ1) is 8.31. The number of rotatable bonds is 3. The highest BCUT2D eigenvalue weighted by Gasteiger charge is 2.29. The lowest BCUT2D eigenvalue weighted by Crippen LogP contribution is -2.44. The molecule has 0 aromatic carbocycles. The second kappa shape index (κ2) is 6.36. The summed E-state index contributed by atoms with van der Waals surface area (Å²) in [6.45, 7) is 3.18. The van der Waals surface area contributed by atoms with Gasteiger partial charge in [-0.2, -0.15) is 0 Å². The van der Waals surface area contributed by atoms with Gasteiger partial charge in [-0.3, -0.25) is 4.79 Å². The summed E-state index contributed by atoms with van der Waals surface area (Å²) in [6, 6.07) is 0. The molecule has 0 bridgehead atoms. The lowest BCUT2D eigenvalue weighted by Gasteiger charge is -2.33. The van der Waals surface area contributed by atoms with Crippen molar-refractivity contribution in [2.45, 2.75) is 32.1 Å². The van der Waals surface area contributed by atoms with Gasteiger partial charge in [0.2, 0.25) is 5.91 Å². The number of amides is 1. The van der Waals surface area contributed by atoms with Crippen molar-refractivity contribution in [2.24, 2.45) is 11.8 Å². The van der Waals surface area contributed by atoms with Crippen LogP contribution in [0.25, 0.3) is 0 Å². The lowest BCUT2D eigenvalue weighted by atomic mass is 9.80. The van der Waals surface area contributed by atoms with E-state index in [0.29, 0.717) is 25.0 Å². The number of carbonyl (C=O) groups is 1. The Kier molecular flexibility index (Phi) is 4.80. The Morgan fingerprint density at radius 2 is 1.82 bits per heavy atom. The molecule has 2 fully saturated rings. The van der Waals surface area contributed by atoms with E-state index in [2.05, 4.69) is 0 Å². The standard InChI is InChI=1S/C13H23NO3/c15-8-5-11-1-3-12(4-2-11)13(16)14-6-9-17-10-7-14/h11-12,15H,1-10H2. The van der Waals surface area contributed by atoms with Gasteiger partial charge in [0.25, 0.3) is 0 Å². The topological polar surface area (TPSA) is 49.8 Å². The molecule has 98 valence electrons. The predicted octanol–water partition coefficient (Wildman–Crippen LogP) is 1.03. The van der Waals surface area contributed by atoms with Crippen LogP contribution in [-0.2, 0) is 9.53 Å². The lowest BCUT2D eigenvalue weighted by molar-refractivity contribution is -0.141. The number of ether oxygens (including phenoxy) is 1. The molecule has 0 unspecified atom stereocenters. The van der Waals surface area contributed by atoms with Crippen LogP contribution >= 0.6 is 0 Å². The van der Waals surface area contributed by atoms with Crippen LogP contribution in [-0.4, -0.2) is 48.8 Å². The molecule has 0 spiro atoms. The summed E-state index contributed by atoms with van der Waals surface area (Å²) in [4.78, 5) is 14.2. The zero-order chi connectivity index (χ0) is 12.1. The van der Waals surface area contributed by atoms with Gasteiger partial charge in [-0.15, -0.1) is 0 Å². The van der Waals surface area contributed by atoms with E-state index in [1.807, 2.05) is 4.90 Å². The minimum absolute atomic E-state index is 0.225. The third-order valence-electron chi connectivity index (χ3n) is 4.06. The van der Waals surface area contributed by atoms with Crippen LogP contribution in [0.2, 0.25) is 0 Å². The van der Waals surface area contributed by atoms with E-state index in [1.54, 1.807) is 0 Å². The van der Waals surface area contributed by atoms with Gasteiger partial charge in [0.15, 0.2) is 0 Å². The maximum atomic E-state index is 12.2. The Bertz CT molecular complexity index is 243. The molecule has 1 saturated carbocycles. The molecule has 1 saturated heterocycles. The largest absolute Gasteiger partial charge is 0.396 e. The molecule has 0 aromatic heterocycles. The SMILES string of the molecule is O=C(C1CCC(CCO)CC1)N1CCOCC1. The zero-order valence-electron chi connectivity index (χ0n) is 10.4. The van der Waals surface area contributed by atoms with Gasteiger partial charge in [-0.05, 0) is 38.0 Å². The Hall–Kier alpha value is -0.610. The first-order valence-electron chi connectivity index (χ1n) is 6.78. The first kappa shape index (κ1) is 12.8. The highest BCUT2D eigenvalue weighted by molar-refractivity contribution is 5.79. The highest BCUT2D eigenvalue weighted by atomic mass is 16.5. The Labute approximate surface area is 103 Å². The molecule has 4 nitrogen and oxygen atoms in total. The number of nitrogens with zero attached hydrogens (tertiary/aromatic N) is 1. The molecule has 1 N–H and O–H groups in total. The molecule has 0 atom stereocenters. The van der Waals surface area contributed by atoms with Crippen LogP contribution in [0.15, 0.2) is 0 Å². The summed E-state index contributed by atoms with van der Waals surface area (Å²) in [5.74, 6) is 1.19. The first-order valence-corrected chi connectivity index (χ1v) is 6.78. The summed E-state index contributed by atoms with van der Waals surface area (Å²) in [5, 5.41) is 8.91. The van der Waals surface area contributed by atoms with Crippen molar-refractivity contribution >= 4 is 5.91 Å². The van der Waals surface area contributed by atoms with Crippen LogP contribution in [0, 0.1) is 11.8 Å². The third kappa shape index (κ3) is 3.42. The quantitative estimate of drug-likeness (QED) is 0.803. The molecule has 1 heterocycles. The fourth-order valence-electron chi connectivity index (χ4n) is 2.92. The number of hydrogen-bond acceptors (Lipinski definition) is 3. The molecule has 2 aliphatic rings. The van der Waals surface area contributed by atoms with Crippen LogP contribution in [0.5, 0.6) is 0 Å². The average molecular weight is 241 g/mol. The van der Waals surface area contributed by atoms with E-state index in [9.17, 15) is 4.79 Å². The van der Waals surface area contributed by atoms with Gasteiger partial charge in [-0.25, -0.2) is 0 Å². The normalized spacial score (nSPS) is 30.3. The molecule has 0 radical (unpaired) electrons. The summed E-state index contributed by atoms with van der Waals surface area (Å²) < 4.78 is 5.26. The van der Waals surface area contributed by atoms with E-state index in [1.165, 1.54) is 0 Å². The van der Waals surface area contributed by atoms with E-state index in [-0.39, 0.29) is 12.5 Å². The summed E-state index contributed by atoms with van der Waals surface area (Å²) in [7, 11) is 0. The second-order valence-electron chi connectivity index (χ2n) is 5.17. The molecule has 1 aliphatic carbocycles. The van der Waals surface area contributed by atoms with Crippen molar-refractivity contribution < 1.29 is 14.6 Å². The van der Waals surface area contributed by atoms with Crippen molar-refractivity contribution in [1.82, 2.24) is 4.90 Å². The summed E-state index contributed by atoms with van der Waals surface area (Å²) in [5.41, 5.74) is 0. The van der Waals surface area contributed by atoms with Crippen LogP contribution in [0.1, 0.15) is 32.1 Å². The fraction of sp³-hybridized carbons (Fsp3) is 0.923. The molecule has 1 aliphatic heterocycles. The monoisotopic (exact) mass is 241 g/mol. The highest BCUT2D eigenvalue weighted by Crippen LogP contribution is 2.31. The molecule has 0 aromatic rings. The van der Waals surface area contributed by atoms with Crippen molar-refractivity contribution in [3.63, 3.8) is 0 Å². The van der Waals surface area contributed by atoms with Crippen LogP contribution in [0.4, 0.5) is 0 Å². The molecular weight excluding hydrogens is 218 g/mol. The zero-order valence-corrected chi connectivity index (χ0v) is 10.4. The smallest absolute Gasteiger partial charge is 0.225 e. The van der Waals surface area contributed by atoms with Gasteiger partial charge in [-0.1, -0.05) is 0 Å². The van der Waals surface area contributed by atoms with Gasteiger partial charge in [0.05, 0.1) is 13.2 Å². The van der Waals surface area contributed by atoms with Gasteiger partial charge in [0.1, 0.15) is 0 Å². The number of aliphatic hydroxyl groups excluding tert-OH is 1. The average Bonchev–Trinajstić information content (AvgIpc) is 2.40. The summed E-state index contributed by atoms with van der Waals surface area (Å²) in [6.07, 6.45) is 5.10. The third-order valence-corrected chi connectivity index (χ3v) is 4.06.